The summed E-state index contributed by atoms with van der Waals surface area (Å²) in [6.07, 6.45) is 0.0257. The van der Waals surface area contributed by atoms with E-state index in [9.17, 15) is 18.0 Å². The molecule has 0 aliphatic rings. The second-order valence-corrected chi connectivity index (χ2v) is 9.22. The summed E-state index contributed by atoms with van der Waals surface area (Å²) in [4.78, 5) is 23.7. The van der Waals surface area contributed by atoms with Gasteiger partial charge >= 0.3 is 6.03 Å². The lowest BCUT2D eigenvalue weighted by Gasteiger charge is -2.18. The maximum atomic E-state index is 12.4. The molecule has 10 heteroatoms. The van der Waals surface area contributed by atoms with Crippen LogP contribution in [0.5, 0.6) is 0 Å². The zero-order valence-electron chi connectivity index (χ0n) is 15.8. The van der Waals surface area contributed by atoms with Crippen molar-refractivity contribution in [3.05, 3.63) is 69.7 Å². The first-order valence-corrected chi connectivity index (χ1v) is 11.2. The van der Waals surface area contributed by atoms with Crippen LogP contribution < -0.4 is 21.1 Å². The van der Waals surface area contributed by atoms with Gasteiger partial charge in [-0.1, -0.05) is 52.3 Å². The predicted octanol–water partition coefficient (Wildman–Crippen LogP) is 1.91. The van der Waals surface area contributed by atoms with E-state index >= 15 is 0 Å². The van der Waals surface area contributed by atoms with E-state index in [4.69, 9.17) is 5.73 Å². The molecule has 0 fully saturated rings. The molecule has 3 amide bonds. The van der Waals surface area contributed by atoms with Crippen molar-refractivity contribution in [2.24, 2.45) is 5.73 Å². The number of primary amides is 1. The normalized spacial score (nSPS) is 12.2. The Morgan fingerprint density at radius 2 is 1.76 bits per heavy atom. The Bertz CT molecular complexity index is 964. The van der Waals surface area contributed by atoms with E-state index in [2.05, 4.69) is 31.3 Å². The van der Waals surface area contributed by atoms with E-state index < -0.39 is 22.1 Å². The van der Waals surface area contributed by atoms with E-state index in [0.29, 0.717) is 5.56 Å². The van der Waals surface area contributed by atoms with Gasteiger partial charge in [0.15, 0.2) is 0 Å². The van der Waals surface area contributed by atoms with Crippen LogP contribution in [0.25, 0.3) is 0 Å². The molecule has 5 N–H and O–H groups in total. The van der Waals surface area contributed by atoms with Crippen molar-refractivity contribution in [2.45, 2.75) is 24.8 Å². The molecule has 2 aromatic rings. The molecule has 0 bridgehead atoms. The summed E-state index contributed by atoms with van der Waals surface area (Å²) < 4.78 is 26.2. The van der Waals surface area contributed by atoms with Gasteiger partial charge in [0.05, 0.1) is 18.2 Å². The van der Waals surface area contributed by atoms with Crippen LogP contribution in [0.2, 0.25) is 0 Å². The molecule has 2 rings (SSSR count). The monoisotopic (exact) mass is 482 g/mol. The number of hydrogen-bond donors (Lipinski definition) is 4. The Labute approximate surface area is 178 Å². The van der Waals surface area contributed by atoms with Gasteiger partial charge in [-0.2, -0.15) is 0 Å². The van der Waals surface area contributed by atoms with E-state index in [1.165, 1.54) is 7.05 Å². The zero-order chi connectivity index (χ0) is 21.4. The van der Waals surface area contributed by atoms with Crippen LogP contribution in [0.4, 0.5) is 4.79 Å². The number of nitrogens with two attached hydrogens (primary N) is 1. The number of carbonyl (C=O) groups is 2. The lowest BCUT2D eigenvalue weighted by Crippen LogP contribution is -2.36. The summed E-state index contributed by atoms with van der Waals surface area (Å²) in [6, 6.07) is 12.9. The topological polar surface area (TPSA) is 130 Å². The first kappa shape index (κ1) is 22.9. The minimum absolute atomic E-state index is 0.0257. The largest absolute Gasteiger partial charge is 0.352 e. The number of urea groups is 1. The lowest BCUT2D eigenvalue weighted by molar-refractivity contribution is -0.121. The summed E-state index contributed by atoms with van der Waals surface area (Å²) in [5.74, 6) is -0.367. The number of sulfonamides is 1. The standard InChI is InChI=1S/C19H23BrN4O4S/c1-22-29(27,28)12-14-7-5-13(6-8-14)11-23-18(25)10-17(24-19(21)26)15-3-2-4-16(20)9-15/h2-9,17,22H,10-12H2,1H3,(H,23,25)(H3,21,24,26). The molecule has 1 unspecified atom stereocenters. The smallest absolute Gasteiger partial charge is 0.312 e. The number of benzene rings is 2. The van der Waals surface area contributed by atoms with Crippen molar-refractivity contribution < 1.29 is 18.0 Å². The van der Waals surface area contributed by atoms with Crippen molar-refractivity contribution in [1.82, 2.24) is 15.4 Å². The van der Waals surface area contributed by atoms with Crippen molar-refractivity contribution in [3.8, 4) is 0 Å². The van der Waals surface area contributed by atoms with Gasteiger partial charge in [0.2, 0.25) is 15.9 Å². The van der Waals surface area contributed by atoms with E-state index in [1.807, 2.05) is 18.2 Å². The molecule has 8 nitrogen and oxygen atoms in total. The number of carbonyl (C=O) groups excluding carboxylic acids is 2. The highest BCUT2D eigenvalue weighted by molar-refractivity contribution is 9.10. The number of amides is 3. The van der Waals surface area contributed by atoms with Crippen LogP contribution in [0.1, 0.15) is 29.2 Å². The molecule has 0 spiro atoms. The maximum absolute atomic E-state index is 12.4. The van der Waals surface area contributed by atoms with Crippen LogP contribution in [0.15, 0.2) is 53.0 Å². The SMILES string of the molecule is CNS(=O)(=O)Cc1ccc(CNC(=O)CC(NC(N)=O)c2cccc(Br)c2)cc1. The van der Waals surface area contributed by atoms with Gasteiger partial charge in [-0.3, -0.25) is 4.79 Å². The average Bonchev–Trinajstić information content (AvgIpc) is 2.66. The Morgan fingerprint density at radius 1 is 1.10 bits per heavy atom. The number of hydrogen-bond acceptors (Lipinski definition) is 4. The van der Waals surface area contributed by atoms with Crippen molar-refractivity contribution >= 4 is 37.9 Å². The quantitative estimate of drug-likeness (QED) is 0.434. The average molecular weight is 483 g/mol. The minimum Gasteiger partial charge on any atom is -0.352 e. The van der Waals surface area contributed by atoms with Gasteiger partial charge in [-0.25, -0.2) is 17.9 Å². The molecule has 0 heterocycles. The summed E-state index contributed by atoms with van der Waals surface area (Å²) in [5, 5.41) is 5.37. The molecule has 1 atom stereocenters. The van der Waals surface area contributed by atoms with E-state index in [-0.39, 0.29) is 24.6 Å². The molecule has 156 valence electrons. The van der Waals surface area contributed by atoms with E-state index in [1.54, 1.807) is 30.3 Å². The molecule has 29 heavy (non-hydrogen) atoms. The predicted molar refractivity (Wildman–Crippen MR) is 114 cm³/mol. The Kier molecular flexibility index (Phi) is 8.18. The van der Waals surface area contributed by atoms with E-state index in [0.717, 1.165) is 15.6 Å². The third kappa shape index (κ3) is 7.84. The third-order valence-corrected chi connectivity index (χ3v) is 5.97. The second-order valence-electron chi connectivity index (χ2n) is 6.38. The minimum atomic E-state index is -3.33. The van der Waals surface area contributed by atoms with Gasteiger partial charge in [0.25, 0.3) is 0 Å². The Hall–Kier alpha value is -2.43. The highest BCUT2D eigenvalue weighted by Gasteiger charge is 2.17. The summed E-state index contributed by atoms with van der Waals surface area (Å²) in [5.41, 5.74) is 7.46. The van der Waals surface area contributed by atoms with Crippen molar-refractivity contribution in [1.29, 1.82) is 0 Å². The fourth-order valence-corrected chi connectivity index (χ4v) is 3.84. The lowest BCUT2D eigenvalue weighted by atomic mass is 10.0. The molecule has 0 aliphatic carbocycles. The molecule has 0 aliphatic heterocycles. The number of nitrogens with one attached hydrogen (secondary N) is 3. The van der Waals surface area contributed by atoms with Crippen molar-refractivity contribution in [2.75, 3.05) is 7.05 Å². The third-order valence-electron chi connectivity index (χ3n) is 4.14. The molecule has 0 saturated carbocycles. The number of halogens is 1. The van der Waals surface area contributed by atoms with Gasteiger partial charge in [-0.05, 0) is 35.9 Å². The van der Waals surface area contributed by atoms with Crippen LogP contribution in [0, 0.1) is 0 Å². The highest BCUT2D eigenvalue weighted by Crippen LogP contribution is 2.21. The first-order valence-electron chi connectivity index (χ1n) is 8.75. The number of rotatable bonds is 9. The summed E-state index contributed by atoms with van der Waals surface area (Å²) >= 11 is 3.37. The van der Waals surface area contributed by atoms with Crippen molar-refractivity contribution in [3.63, 3.8) is 0 Å². The molecule has 0 radical (unpaired) electrons. The second kappa shape index (κ2) is 10.4. The molecule has 2 aromatic carbocycles. The van der Waals surface area contributed by atoms with Crippen LogP contribution >= 0.6 is 15.9 Å². The summed E-state index contributed by atoms with van der Waals surface area (Å²) in [7, 11) is -1.96. The highest BCUT2D eigenvalue weighted by atomic mass is 79.9. The Morgan fingerprint density at radius 3 is 2.34 bits per heavy atom. The van der Waals surface area contributed by atoms with Gasteiger partial charge in [-0.15, -0.1) is 0 Å². The molecular weight excluding hydrogens is 460 g/mol. The fraction of sp³-hybridized carbons (Fsp3) is 0.263. The molecular formula is C19H23BrN4O4S. The maximum Gasteiger partial charge on any atom is 0.312 e. The van der Waals surface area contributed by atoms with Gasteiger partial charge in [0, 0.05) is 11.0 Å². The fourth-order valence-electron chi connectivity index (χ4n) is 2.65. The summed E-state index contributed by atoms with van der Waals surface area (Å²) in [6.45, 7) is 0.277. The van der Waals surface area contributed by atoms with Crippen LogP contribution in [-0.4, -0.2) is 27.4 Å². The molecule has 0 saturated heterocycles. The van der Waals surface area contributed by atoms with Crippen LogP contribution in [-0.2, 0) is 27.1 Å². The zero-order valence-corrected chi connectivity index (χ0v) is 18.2. The van der Waals surface area contributed by atoms with Gasteiger partial charge in [0.1, 0.15) is 0 Å². The van der Waals surface area contributed by atoms with Crippen LogP contribution in [0.3, 0.4) is 0 Å². The molecule has 0 aromatic heterocycles. The Balaban J connectivity index is 1.95. The van der Waals surface area contributed by atoms with Gasteiger partial charge < -0.3 is 16.4 Å². The first-order chi connectivity index (χ1) is 13.7.